The van der Waals surface area contributed by atoms with Gasteiger partial charge in [0, 0.05) is 32.6 Å². The second-order valence-corrected chi connectivity index (χ2v) is 11.9. The summed E-state index contributed by atoms with van der Waals surface area (Å²) in [6.07, 6.45) is 1.73. The summed E-state index contributed by atoms with van der Waals surface area (Å²) in [5.74, 6) is 0.710. The maximum atomic E-state index is 12.5. The van der Waals surface area contributed by atoms with Crippen molar-refractivity contribution in [2.24, 2.45) is 5.92 Å². The minimum atomic E-state index is -1.40. The van der Waals surface area contributed by atoms with Crippen LogP contribution in [-0.4, -0.2) is 115 Å². The highest BCUT2D eigenvalue weighted by Gasteiger charge is 2.48. The molecule has 5 atom stereocenters. The van der Waals surface area contributed by atoms with Gasteiger partial charge in [0.25, 0.3) is 5.91 Å². The molecule has 5 N–H and O–H groups in total. The topological polar surface area (TPSA) is 198 Å². The van der Waals surface area contributed by atoms with Crippen LogP contribution >= 0.6 is 0 Å². The number of nitrogens with zero attached hydrogens (tertiary/aromatic N) is 6. The highest BCUT2D eigenvalue weighted by Crippen LogP contribution is 2.33. The van der Waals surface area contributed by atoms with Gasteiger partial charge in [-0.3, -0.25) is 14.2 Å². The van der Waals surface area contributed by atoms with Crippen molar-refractivity contribution in [1.29, 1.82) is 0 Å². The van der Waals surface area contributed by atoms with Crippen LogP contribution in [0.2, 0.25) is 0 Å². The van der Waals surface area contributed by atoms with Crippen LogP contribution in [0.4, 0.5) is 10.6 Å². The third-order valence-electron chi connectivity index (χ3n) is 8.65. The number of fused-ring (bicyclic) bond motifs is 1. The summed E-state index contributed by atoms with van der Waals surface area (Å²) < 4.78 is 12.8. The molecule has 4 aliphatic rings. The number of hydrogen-bond acceptors (Lipinski definition) is 11. The highest BCUT2D eigenvalue weighted by molar-refractivity contribution is 5.83. The molecule has 2 aromatic rings. The molecular weight excluding hydrogens is 548 g/mol. The number of likely N-dealkylation sites (tertiary alicyclic amines) is 2. The molecule has 0 bridgehead atoms. The molecule has 5 heterocycles. The molecule has 2 unspecified atom stereocenters. The van der Waals surface area contributed by atoms with E-state index >= 15 is 0 Å². The van der Waals surface area contributed by atoms with Gasteiger partial charge in [0.05, 0.1) is 19.3 Å². The minimum Gasteiger partial charge on any atom is -0.444 e. The van der Waals surface area contributed by atoms with Crippen molar-refractivity contribution >= 4 is 34.9 Å². The average molecular weight is 587 g/mol. The Bertz CT molecular complexity index is 1340. The SMILES string of the molecule is CN1CC(OC(=O)N2CCC(CCCc3nc(N)c4ncn([C@@H]5O[C@H](C(=O)NC6CC6)C(O)[C@@H]5O)c4n3)CC2)CC1=O. The van der Waals surface area contributed by atoms with E-state index in [-0.39, 0.29) is 36.4 Å². The number of aliphatic hydroxyl groups is 2. The number of piperidine rings is 1. The average Bonchev–Trinajstić information content (AvgIpc) is 3.47. The fourth-order valence-corrected chi connectivity index (χ4v) is 5.97. The lowest BCUT2D eigenvalue weighted by Gasteiger charge is -2.32. The van der Waals surface area contributed by atoms with Crippen molar-refractivity contribution in [1.82, 2.24) is 34.6 Å². The monoisotopic (exact) mass is 586 g/mol. The van der Waals surface area contributed by atoms with Crippen LogP contribution in [0.15, 0.2) is 6.33 Å². The zero-order valence-electron chi connectivity index (χ0n) is 23.6. The molecule has 3 saturated heterocycles. The van der Waals surface area contributed by atoms with Crippen molar-refractivity contribution in [3.8, 4) is 0 Å². The summed E-state index contributed by atoms with van der Waals surface area (Å²) in [6, 6.07) is 0.0925. The van der Waals surface area contributed by atoms with E-state index in [0.717, 1.165) is 38.5 Å². The molecular formula is C27H38N8O7. The molecule has 15 nitrogen and oxygen atoms in total. The Morgan fingerprint density at radius 3 is 2.62 bits per heavy atom. The zero-order chi connectivity index (χ0) is 29.5. The van der Waals surface area contributed by atoms with E-state index in [1.807, 2.05) is 0 Å². The van der Waals surface area contributed by atoms with Gasteiger partial charge in [0.2, 0.25) is 5.91 Å². The largest absolute Gasteiger partial charge is 0.444 e. The summed E-state index contributed by atoms with van der Waals surface area (Å²) in [5.41, 5.74) is 6.90. The normalized spacial score (nSPS) is 28.5. The number of aromatic nitrogens is 4. The van der Waals surface area contributed by atoms with E-state index in [4.69, 9.17) is 15.2 Å². The molecule has 3 aliphatic heterocycles. The molecule has 1 aliphatic carbocycles. The van der Waals surface area contributed by atoms with Gasteiger partial charge in [-0.2, -0.15) is 0 Å². The molecule has 1 saturated carbocycles. The molecule has 0 radical (unpaired) electrons. The molecule has 2 aromatic heterocycles. The Hall–Kier alpha value is -3.56. The minimum absolute atomic E-state index is 0.00840. The first kappa shape index (κ1) is 28.6. The van der Waals surface area contributed by atoms with E-state index in [1.165, 1.54) is 10.9 Å². The van der Waals surface area contributed by atoms with Crippen molar-refractivity contribution < 1.29 is 34.1 Å². The molecule has 228 valence electrons. The lowest BCUT2D eigenvalue weighted by molar-refractivity contribution is -0.137. The number of rotatable bonds is 8. The van der Waals surface area contributed by atoms with E-state index in [2.05, 4.69) is 20.3 Å². The van der Waals surface area contributed by atoms with Gasteiger partial charge in [0.1, 0.15) is 29.7 Å². The first-order chi connectivity index (χ1) is 20.2. The maximum absolute atomic E-state index is 12.5. The number of likely N-dealkylation sites (N-methyl/N-ethyl adjacent to an activating group) is 1. The van der Waals surface area contributed by atoms with E-state index in [0.29, 0.717) is 49.0 Å². The van der Waals surface area contributed by atoms with Crippen LogP contribution in [0.25, 0.3) is 11.2 Å². The predicted molar refractivity (Wildman–Crippen MR) is 147 cm³/mol. The van der Waals surface area contributed by atoms with E-state index in [9.17, 15) is 24.6 Å². The molecule has 6 rings (SSSR count). The van der Waals surface area contributed by atoms with Gasteiger partial charge in [-0.15, -0.1) is 0 Å². The number of hydrogen-bond donors (Lipinski definition) is 4. The number of carbonyl (C=O) groups is 3. The third-order valence-corrected chi connectivity index (χ3v) is 8.65. The van der Waals surface area contributed by atoms with E-state index in [1.54, 1.807) is 16.8 Å². The van der Waals surface area contributed by atoms with Crippen LogP contribution in [0.5, 0.6) is 0 Å². The zero-order valence-corrected chi connectivity index (χ0v) is 23.6. The second-order valence-electron chi connectivity index (χ2n) is 11.9. The van der Waals surface area contributed by atoms with Crippen molar-refractivity contribution in [2.75, 3.05) is 32.4 Å². The number of aliphatic hydroxyl groups excluding tert-OH is 2. The lowest BCUT2D eigenvalue weighted by atomic mass is 9.91. The van der Waals surface area contributed by atoms with Gasteiger partial charge in [-0.25, -0.2) is 19.7 Å². The molecule has 42 heavy (non-hydrogen) atoms. The molecule has 0 aromatic carbocycles. The summed E-state index contributed by atoms with van der Waals surface area (Å²) in [7, 11) is 1.71. The summed E-state index contributed by atoms with van der Waals surface area (Å²) in [6.45, 7) is 1.67. The summed E-state index contributed by atoms with van der Waals surface area (Å²) >= 11 is 0. The summed E-state index contributed by atoms with van der Waals surface area (Å²) in [4.78, 5) is 53.4. The first-order valence-electron chi connectivity index (χ1n) is 14.7. The molecule has 3 amide bonds. The van der Waals surface area contributed by atoms with Crippen LogP contribution in [0.3, 0.4) is 0 Å². The summed E-state index contributed by atoms with van der Waals surface area (Å²) in [5, 5.41) is 24.0. The number of amides is 3. The smallest absolute Gasteiger partial charge is 0.410 e. The molecule has 4 fully saturated rings. The van der Waals surface area contributed by atoms with E-state index < -0.39 is 30.4 Å². The predicted octanol–water partition coefficient (Wildman–Crippen LogP) is -0.292. The fraction of sp³-hybridized carbons (Fsp3) is 0.704. The lowest BCUT2D eigenvalue weighted by Crippen LogP contribution is -2.43. The standard InChI is InChI=1S/C27H38N8O7/c1-33-12-16(11-18(33)36)41-27(40)34-9-7-14(8-10-34)3-2-4-17-31-23(28)19-24(32-17)35(13-29-19)26-21(38)20(37)22(42-26)25(39)30-15-5-6-15/h13-16,20-22,26,37-38H,2-12H2,1H3,(H,30,39)(H2,28,31,32)/t16?,20?,21-,22-,26+/m0/s1. The Labute approximate surface area is 242 Å². The first-order valence-corrected chi connectivity index (χ1v) is 14.7. The number of anilines is 1. The third kappa shape index (κ3) is 5.85. The van der Waals surface area contributed by atoms with Gasteiger partial charge < -0.3 is 40.5 Å². The van der Waals surface area contributed by atoms with Gasteiger partial charge >= 0.3 is 6.09 Å². The maximum Gasteiger partial charge on any atom is 0.410 e. The van der Waals surface area contributed by atoms with Crippen molar-refractivity contribution in [2.45, 2.75) is 88.1 Å². The van der Waals surface area contributed by atoms with Crippen LogP contribution in [0.1, 0.15) is 57.0 Å². The highest BCUT2D eigenvalue weighted by atomic mass is 16.6. The van der Waals surface area contributed by atoms with Gasteiger partial charge in [0.15, 0.2) is 23.8 Å². The number of nitrogens with one attached hydrogen (secondary N) is 1. The molecule has 15 heteroatoms. The second kappa shape index (κ2) is 11.6. The fourth-order valence-electron chi connectivity index (χ4n) is 5.97. The Morgan fingerprint density at radius 1 is 1.17 bits per heavy atom. The Balaban J connectivity index is 1.02. The Kier molecular flexibility index (Phi) is 7.89. The quantitative estimate of drug-likeness (QED) is 0.317. The van der Waals surface area contributed by atoms with Crippen LogP contribution < -0.4 is 11.1 Å². The van der Waals surface area contributed by atoms with Crippen LogP contribution in [0, 0.1) is 5.92 Å². The van der Waals surface area contributed by atoms with Crippen molar-refractivity contribution in [3.05, 3.63) is 12.2 Å². The number of ether oxygens (including phenoxy) is 2. The number of imidazole rings is 1. The van der Waals surface area contributed by atoms with Gasteiger partial charge in [-0.05, 0) is 44.4 Å². The number of nitrogens with two attached hydrogens (primary N) is 1. The number of aryl methyl sites for hydroxylation is 1. The van der Waals surface area contributed by atoms with Crippen LogP contribution in [-0.2, 0) is 25.5 Å². The molecule has 0 spiro atoms. The van der Waals surface area contributed by atoms with Gasteiger partial charge in [-0.1, -0.05) is 0 Å². The van der Waals surface area contributed by atoms with Crippen molar-refractivity contribution in [3.63, 3.8) is 0 Å². The Morgan fingerprint density at radius 2 is 1.93 bits per heavy atom. The number of carbonyl (C=O) groups excluding carboxylic acids is 3. The number of nitrogen functional groups attached to an aromatic ring is 1.